The van der Waals surface area contributed by atoms with Gasteiger partial charge in [0, 0.05) is 24.2 Å². The summed E-state index contributed by atoms with van der Waals surface area (Å²) in [6.07, 6.45) is 4.71. The zero-order valence-electron chi connectivity index (χ0n) is 18.9. The summed E-state index contributed by atoms with van der Waals surface area (Å²) in [5.41, 5.74) is 4.79. The molecule has 0 spiro atoms. The van der Waals surface area contributed by atoms with Gasteiger partial charge in [-0.05, 0) is 62.2 Å². The molecule has 174 valence electrons. The second-order valence-electron chi connectivity index (χ2n) is 7.95. The molecule has 0 aliphatic rings. The van der Waals surface area contributed by atoms with Crippen LogP contribution in [0.25, 0.3) is 11.3 Å². The van der Waals surface area contributed by atoms with Crippen molar-refractivity contribution < 1.29 is 13.2 Å². The molecular weight excluding hydrogens is 472 g/mol. The van der Waals surface area contributed by atoms with E-state index in [1.807, 2.05) is 32.9 Å². The van der Waals surface area contributed by atoms with Crippen molar-refractivity contribution in [3.8, 4) is 22.9 Å². The molecule has 0 aliphatic heterocycles. The quantitative estimate of drug-likeness (QED) is 0.346. The first-order chi connectivity index (χ1) is 16.2. The molecule has 9 heteroatoms. The SMILES string of the molecule is Cc1cc(C)c(Oc2nc(-c3cncc(Cl)c3)ccc2NS(=O)(=O)Cc2ccccn2)c(C)c1. The van der Waals surface area contributed by atoms with Crippen LogP contribution in [0.1, 0.15) is 22.4 Å². The highest BCUT2D eigenvalue weighted by Crippen LogP contribution is 2.35. The molecule has 3 aromatic heterocycles. The summed E-state index contributed by atoms with van der Waals surface area (Å²) in [5.74, 6) is 0.456. The van der Waals surface area contributed by atoms with Gasteiger partial charge in [-0.25, -0.2) is 13.4 Å². The highest BCUT2D eigenvalue weighted by molar-refractivity contribution is 7.91. The number of nitrogens with zero attached hydrogens (tertiary/aromatic N) is 3. The average molecular weight is 495 g/mol. The van der Waals surface area contributed by atoms with Gasteiger partial charge in [-0.1, -0.05) is 35.4 Å². The molecule has 4 rings (SSSR count). The van der Waals surface area contributed by atoms with Crippen molar-refractivity contribution in [2.75, 3.05) is 4.72 Å². The molecule has 0 saturated carbocycles. The zero-order valence-corrected chi connectivity index (χ0v) is 20.5. The van der Waals surface area contributed by atoms with E-state index in [0.717, 1.165) is 16.7 Å². The molecule has 0 atom stereocenters. The number of pyridine rings is 3. The van der Waals surface area contributed by atoms with Crippen LogP contribution in [0.4, 0.5) is 5.69 Å². The highest BCUT2D eigenvalue weighted by Gasteiger charge is 2.19. The summed E-state index contributed by atoms with van der Waals surface area (Å²) in [7, 11) is -3.78. The van der Waals surface area contributed by atoms with Gasteiger partial charge in [-0.15, -0.1) is 0 Å². The maximum Gasteiger partial charge on any atom is 0.244 e. The van der Waals surface area contributed by atoms with Crippen molar-refractivity contribution >= 4 is 27.3 Å². The molecule has 0 aliphatic carbocycles. The Morgan fingerprint density at radius 2 is 1.76 bits per heavy atom. The van der Waals surface area contributed by atoms with Crippen molar-refractivity contribution in [1.82, 2.24) is 15.0 Å². The molecule has 3 heterocycles. The van der Waals surface area contributed by atoms with E-state index >= 15 is 0 Å². The molecule has 34 heavy (non-hydrogen) atoms. The number of aromatic nitrogens is 3. The number of benzene rings is 1. The summed E-state index contributed by atoms with van der Waals surface area (Å²) in [6.45, 7) is 5.88. The van der Waals surface area contributed by atoms with Gasteiger partial charge in [0.15, 0.2) is 0 Å². The zero-order chi connectivity index (χ0) is 24.3. The first-order valence-electron chi connectivity index (χ1n) is 10.5. The molecule has 0 saturated heterocycles. The van der Waals surface area contributed by atoms with Crippen LogP contribution in [-0.2, 0) is 15.8 Å². The number of sulfonamides is 1. The molecule has 0 bridgehead atoms. The number of hydrogen-bond donors (Lipinski definition) is 1. The molecule has 0 radical (unpaired) electrons. The monoisotopic (exact) mass is 494 g/mol. The van der Waals surface area contributed by atoms with Gasteiger partial charge in [-0.3, -0.25) is 14.7 Å². The number of hydrogen-bond acceptors (Lipinski definition) is 6. The Kier molecular flexibility index (Phi) is 6.81. The number of ether oxygens (including phenoxy) is 1. The maximum atomic E-state index is 12.9. The van der Waals surface area contributed by atoms with Crippen LogP contribution in [0.15, 0.2) is 67.1 Å². The smallest absolute Gasteiger partial charge is 0.244 e. The summed E-state index contributed by atoms with van der Waals surface area (Å²) < 4.78 is 34.6. The molecule has 1 N–H and O–H groups in total. The lowest BCUT2D eigenvalue weighted by molar-refractivity contribution is 0.459. The Morgan fingerprint density at radius 1 is 1.00 bits per heavy atom. The standard InChI is InChI=1S/C25H23ClN4O3S/c1-16-10-17(2)24(18(3)11-16)33-25-23(30-34(31,32)15-21-6-4-5-9-28-21)8-7-22(29-25)19-12-20(26)14-27-13-19/h4-14,30H,15H2,1-3H3. The first-order valence-corrected chi connectivity index (χ1v) is 12.5. The minimum Gasteiger partial charge on any atom is -0.436 e. The van der Waals surface area contributed by atoms with E-state index in [1.54, 1.807) is 48.8 Å². The van der Waals surface area contributed by atoms with Crippen molar-refractivity contribution in [1.29, 1.82) is 0 Å². The van der Waals surface area contributed by atoms with Crippen LogP contribution in [-0.4, -0.2) is 23.4 Å². The Bertz CT molecular complexity index is 1420. The van der Waals surface area contributed by atoms with Gasteiger partial charge < -0.3 is 4.74 Å². The summed E-state index contributed by atoms with van der Waals surface area (Å²) in [6, 6.07) is 14.2. The van der Waals surface area contributed by atoms with Crippen molar-refractivity contribution in [2.45, 2.75) is 26.5 Å². The Labute approximate surface area is 203 Å². The lowest BCUT2D eigenvalue weighted by Gasteiger charge is -2.17. The van der Waals surface area contributed by atoms with E-state index in [1.165, 1.54) is 6.20 Å². The number of anilines is 1. The summed E-state index contributed by atoms with van der Waals surface area (Å²) in [5, 5.41) is 0.465. The Hall–Kier alpha value is -3.49. The third-order valence-corrected chi connectivity index (χ3v) is 6.41. The molecule has 4 aromatic rings. The van der Waals surface area contributed by atoms with E-state index in [9.17, 15) is 8.42 Å². The van der Waals surface area contributed by atoms with Crippen LogP contribution in [0.3, 0.4) is 0 Å². The van der Waals surface area contributed by atoms with E-state index < -0.39 is 10.0 Å². The van der Waals surface area contributed by atoms with Gasteiger partial charge in [0.1, 0.15) is 17.2 Å². The van der Waals surface area contributed by atoms with Crippen LogP contribution in [0.5, 0.6) is 11.6 Å². The highest BCUT2D eigenvalue weighted by atomic mass is 35.5. The minimum absolute atomic E-state index is 0.122. The fourth-order valence-electron chi connectivity index (χ4n) is 3.61. The van der Waals surface area contributed by atoms with Crippen molar-refractivity contribution in [2.24, 2.45) is 0 Å². The van der Waals surface area contributed by atoms with Crippen LogP contribution < -0.4 is 9.46 Å². The Morgan fingerprint density at radius 3 is 2.44 bits per heavy atom. The predicted octanol–water partition coefficient (Wildman–Crippen LogP) is 5.85. The normalized spacial score (nSPS) is 11.3. The van der Waals surface area contributed by atoms with Gasteiger partial charge in [0.05, 0.1) is 16.4 Å². The number of rotatable bonds is 7. The summed E-state index contributed by atoms with van der Waals surface area (Å²) in [4.78, 5) is 12.8. The van der Waals surface area contributed by atoms with Crippen LogP contribution in [0.2, 0.25) is 5.02 Å². The van der Waals surface area contributed by atoms with Gasteiger partial charge >= 0.3 is 0 Å². The number of aryl methyl sites for hydroxylation is 3. The van der Waals surface area contributed by atoms with Gasteiger partial charge in [0.25, 0.3) is 0 Å². The second-order valence-corrected chi connectivity index (χ2v) is 10.1. The largest absolute Gasteiger partial charge is 0.436 e. The number of nitrogens with one attached hydrogen (secondary N) is 1. The van der Waals surface area contributed by atoms with E-state index in [0.29, 0.717) is 27.7 Å². The van der Waals surface area contributed by atoms with E-state index in [4.69, 9.17) is 16.3 Å². The van der Waals surface area contributed by atoms with Crippen LogP contribution in [0, 0.1) is 20.8 Å². The molecular formula is C25H23ClN4O3S. The number of halogens is 1. The van der Waals surface area contributed by atoms with Crippen LogP contribution >= 0.6 is 11.6 Å². The lowest BCUT2D eigenvalue weighted by atomic mass is 10.1. The third kappa shape index (κ3) is 5.70. The summed E-state index contributed by atoms with van der Waals surface area (Å²) >= 11 is 6.10. The molecule has 0 fully saturated rings. The molecule has 0 amide bonds. The van der Waals surface area contributed by atoms with Gasteiger partial charge in [-0.2, -0.15) is 0 Å². The van der Waals surface area contributed by atoms with Crippen molar-refractivity contribution in [3.63, 3.8) is 0 Å². The molecule has 7 nitrogen and oxygen atoms in total. The Balaban J connectivity index is 1.75. The van der Waals surface area contributed by atoms with Crippen molar-refractivity contribution in [3.05, 3.63) is 94.5 Å². The van der Waals surface area contributed by atoms with E-state index in [-0.39, 0.29) is 17.3 Å². The fourth-order valence-corrected chi connectivity index (χ4v) is 4.91. The maximum absolute atomic E-state index is 12.9. The molecule has 1 aromatic carbocycles. The first kappa shape index (κ1) is 23.7. The minimum atomic E-state index is -3.78. The van der Waals surface area contributed by atoms with E-state index in [2.05, 4.69) is 19.7 Å². The average Bonchev–Trinajstić information content (AvgIpc) is 2.77. The topological polar surface area (TPSA) is 94.1 Å². The fraction of sp³-hybridized carbons (Fsp3) is 0.160. The third-order valence-electron chi connectivity index (χ3n) is 4.99. The van der Waals surface area contributed by atoms with Gasteiger partial charge in [0.2, 0.25) is 15.9 Å². The molecule has 0 unspecified atom stereocenters. The lowest BCUT2D eigenvalue weighted by Crippen LogP contribution is -2.16. The second kappa shape index (κ2) is 9.79. The predicted molar refractivity (Wildman–Crippen MR) is 134 cm³/mol.